The van der Waals surface area contributed by atoms with Crippen molar-refractivity contribution in [3.8, 4) is 12.3 Å². The lowest BCUT2D eigenvalue weighted by Gasteiger charge is -2.28. The van der Waals surface area contributed by atoms with Crippen molar-refractivity contribution in [1.82, 2.24) is 9.80 Å². The molecule has 0 aliphatic heterocycles. The fourth-order valence-corrected chi connectivity index (χ4v) is 1.81. The van der Waals surface area contributed by atoms with E-state index in [0.29, 0.717) is 19.0 Å². The standard InChI is InChI=1S/C13H20N2O3/c1-3-7-14(8-4-2)13(18)15(10-12(16)17)9-11-5-6-11/h1,11H,4-10H2,2H3,(H,16,17). The molecule has 0 radical (unpaired) electrons. The predicted octanol–water partition coefficient (Wildman–Crippen LogP) is 1.25. The number of hydrogen-bond donors (Lipinski definition) is 1. The van der Waals surface area contributed by atoms with Gasteiger partial charge in [-0.25, -0.2) is 4.79 Å². The van der Waals surface area contributed by atoms with E-state index in [4.69, 9.17) is 11.5 Å². The minimum absolute atomic E-state index is 0.230. The number of amides is 2. The molecule has 5 nitrogen and oxygen atoms in total. The number of rotatable bonds is 7. The quantitative estimate of drug-likeness (QED) is 0.694. The molecular formula is C13H20N2O3. The summed E-state index contributed by atoms with van der Waals surface area (Å²) < 4.78 is 0. The second-order valence-electron chi connectivity index (χ2n) is 4.63. The molecule has 1 N–H and O–H groups in total. The third-order valence-corrected chi connectivity index (χ3v) is 2.82. The summed E-state index contributed by atoms with van der Waals surface area (Å²) >= 11 is 0. The van der Waals surface area contributed by atoms with Gasteiger partial charge in [0.1, 0.15) is 6.54 Å². The molecule has 0 bridgehead atoms. The lowest BCUT2D eigenvalue weighted by molar-refractivity contribution is -0.137. The fourth-order valence-electron chi connectivity index (χ4n) is 1.81. The van der Waals surface area contributed by atoms with Crippen molar-refractivity contribution in [2.24, 2.45) is 5.92 Å². The molecule has 0 aromatic carbocycles. The summed E-state index contributed by atoms with van der Waals surface area (Å²) in [6, 6.07) is -0.260. The van der Waals surface area contributed by atoms with Crippen molar-refractivity contribution >= 4 is 12.0 Å². The van der Waals surface area contributed by atoms with Crippen LogP contribution in [0.1, 0.15) is 26.2 Å². The van der Waals surface area contributed by atoms with Gasteiger partial charge in [-0.15, -0.1) is 6.42 Å². The number of carboxylic acid groups (broad SMARTS) is 1. The first kappa shape index (κ1) is 14.4. The predicted molar refractivity (Wildman–Crippen MR) is 68.0 cm³/mol. The van der Waals surface area contributed by atoms with Crippen LogP contribution in [0.3, 0.4) is 0 Å². The Bertz CT molecular complexity index is 345. The molecule has 0 atom stereocenters. The molecule has 1 rings (SSSR count). The normalized spacial score (nSPS) is 13.8. The second-order valence-corrected chi connectivity index (χ2v) is 4.63. The summed E-state index contributed by atoms with van der Waals surface area (Å²) in [5, 5.41) is 8.85. The third kappa shape index (κ3) is 4.66. The monoisotopic (exact) mass is 252 g/mol. The zero-order valence-corrected chi connectivity index (χ0v) is 10.8. The van der Waals surface area contributed by atoms with Crippen LogP contribution in [-0.4, -0.2) is 53.1 Å². The lowest BCUT2D eigenvalue weighted by atomic mass is 10.3. The summed E-state index contributed by atoms with van der Waals surface area (Å²) in [6.07, 6.45) is 8.19. The Morgan fingerprint density at radius 3 is 2.50 bits per heavy atom. The van der Waals surface area contributed by atoms with E-state index < -0.39 is 5.97 Å². The van der Waals surface area contributed by atoms with E-state index in [1.165, 1.54) is 9.80 Å². The van der Waals surface area contributed by atoms with Gasteiger partial charge in [-0.05, 0) is 25.2 Å². The minimum Gasteiger partial charge on any atom is -0.480 e. The number of aliphatic carboxylic acids is 1. The van der Waals surface area contributed by atoms with Gasteiger partial charge in [-0.2, -0.15) is 0 Å². The first-order valence-electron chi connectivity index (χ1n) is 6.27. The summed E-state index contributed by atoms with van der Waals surface area (Å²) in [5.74, 6) is 1.92. The Balaban J connectivity index is 2.64. The molecule has 0 heterocycles. The van der Waals surface area contributed by atoms with Crippen molar-refractivity contribution in [2.45, 2.75) is 26.2 Å². The molecule has 0 aromatic heterocycles. The van der Waals surface area contributed by atoms with E-state index >= 15 is 0 Å². The smallest absolute Gasteiger partial charge is 0.323 e. The highest BCUT2D eigenvalue weighted by atomic mass is 16.4. The Morgan fingerprint density at radius 2 is 2.06 bits per heavy atom. The zero-order valence-electron chi connectivity index (χ0n) is 10.8. The minimum atomic E-state index is -0.985. The summed E-state index contributed by atoms with van der Waals surface area (Å²) in [5.41, 5.74) is 0. The van der Waals surface area contributed by atoms with Gasteiger partial charge in [0.05, 0.1) is 6.54 Å². The van der Waals surface area contributed by atoms with Crippen molar-refractivity contribution in [1.29, 1.82) is 0 Å². The molecule has 1 saturated carbocycles. The molecule has 100 valence electrons. The molecule has 1 fully saturated rings. The van der Waals surface area contributed by atoms with E-state index in [0.717, 1.165) is 19.3 Å². The van der Waals surface area contributed by atoms with Crippen molar-refractivity contribution in [3.63, 3.8) is 0 Å². The molecule has 2 amide bonds. The molecular weight excluding hydrogens is 232 g/mol. The Kier molecular flexibility index (Phi) is 5.50. The van der Waals surface area contributed by atoms with Crippen LogP contribution in [0.15, 0.2) is 0 Å². The Labute approximate surface area is 108 Å². The van der Waals surface area contributed by atoms with Gasteiger partial charge in [-0.3, -0.25) is 4.79 Å². The van der Waals surface area contributed by atoms with Crippen LogP contribution < -0.4 is 0 Å². The van der Waals surface area contributed by atoms with E-state index in [1.54, 1.807) is 0 Å². The number of terminal acetylenes is 1. The number of nitrogens with zero attached hydrogens (tertiary/aromatic N) is 2. The molecule has 0 unspecified atom stereocenters. The first-order valence-corrected chi connectivity index (χ1v) is 6.27. The highest BCUT2D eigenvalue weighted by Crippen LogP contribution is 2.29. The van der Waals surface area contributed by atoms with Crippen LogP contribution in [-0.2, 0) is 4.79 Å². The lowest BCUT2D eigenvalue weighted by Crippen LogP contribution is -2.46. The number of carbonyl (C=O) groups excluding carboxylic acids is 1. The van der Waals surface area contributed by atoms with Crippen LogP contribution in [0.25, 0.3) is 0 Å². The van der Waals surface area contributed by atoms with E-state index in [9.17, 15) is 9.59 Å². The van der Waals surface area contributed by atoms with Gasteiger partial charge >= 0.3 is 12.0 Å². The highest BCUT2D eigenvalue weighted by Gasteiger charge is 2.29. The van der Waals surface area contributed by atoms with Gasteiger partial charge in [0.25, 0.3) is 0 Å². The van der Waals surface area contributed by atoms with Crippen molar-refractivity contribution in [2.75, 3.05) is 26.2 Å². The van der Waals surface area contributed by atoms with E-state index in [1.807, 2.05) is 6.92 Å². The topological polar surface area (TPSA) is 60.9 Å². The van der Waals surface area contributed by atoms with Crippen LogP contribution >= 0.6 is 0 Å². The summed E-state index contributed by atoms with van der Waals surface area (Å²) in [6.45, 7) is 3.02. The Morgan fingerprint density at radius 1 is 1.39 bits per heavy atom. The van der Waals surface area contributed by atoms with Gasteiger partial charge < -0.3 is 14.9 Å². The van der Waals surface area contributed by atoms with Gasteiger partial charge in [0.15, 0.2) is 0 Å². The maximum absolute atomic E-state index is 12.2. The second kappa shape index (κ2) is 6.90. The van der Waals surface area contributed by atoms with Crippen LogP contribution in [0.5, 0.6) is 0 Å². The highest BCUT2D eigenvalue weighted by molar-refractivity contribution is 5.80. The molecule has 1 aliphatic rings. The maximum Gasteiger partial charge on any atom is 0.323 e. The van der Waals surface area contributed by atoms with Gasteiger partial charge in [0.2, 0.25) is 0 Å². The van der Waals surface area contributed by atoms with Crippen molar-refractivity contribution < 1.29 is 14.7 Å². The molecule has 18 heavy (non-hydrogen) atoms. The van der Waals surface area contributed by atoms with Crippen molar-refractivity contribution in [3.05, 3.63) is 0 Å². The fraction of sp³-hybridized carbons (Fsp3) is 0.692. The summed E-state index contributed by atoms with van der Waals surface area (Å²) in [7, 11) is 0. The first-order chi connectivity index (χ1) is 8.58. The van der Waals surface area contributed by atoms with Crippen LogP contribution in [0.2, 0.25) is 0 Å². The average molecular weight is 252 g/mol. The van der Waals surface area contributed by atoms with E-state index in [-0.39, 0.29) is 19.1 Å². The zero-order chi connectivity index (χ0) is 13.5. The third-order valence-electron chi connectivity index (χ3n) is 2.82. The van der Waals surface area contributed by atoms with E-state index in [2.05, 4.69) is 5.92 Å². The largest absolute Gasteiger partial charge is 0.480 e. The average Bonchev–Trinajstić information content (AvgIpc) is 3.10. The number of hydrogen-bond acceptors (Lipinski definition) is 2. The summed E-state index contributed by atoms with van der Waals surface area (Å²) in [4.78, 5) is 25.9. The maximum atomic E-state index is 12.2. The number of urea groups is 1. The number of carboxylic acids is 1. The van der Waals surface area contributed by atoms with Gasteiger partial charge in [-0.1, -0.05) is 12.8 Å². The van der Waals surface area contributed by atoms with Crippen LogP contribution in [0, 0.1) is 18.3 Å². The molecule has 0 aromatic rings. The van der Waals surface area contributed by atoms with Crippen LogP contribution in [0.4, 0.5) is 4.79 Å². The van der Waals surface area contributed by atoms with Gasteiger partial charge in [0, 0.05) is 13.1 Å². The number of carbonyl (C=O) groups is 2. The molecule has 1 aliphatic carbocycles. The Hall–Kier alpha value is -1.70. The molecule has 0 saturated heterocycles. The molecule has 0 spiro atoms. The SMILES string of the molecule is C#CCN(CCC)C(=O)N(CC(=O)O)CC1CC1. The molecule has 5 heteroatoms.